The van der Waals surface area contributed by atoms with Crippen LogP contribution in [0.25, 0.3) is 0 Å². The van der Waals surface area contributed by atoms with Gasteiger partial charge in [-0.25, -0.2) is 0 Å². The predicted molar refractivity (Wildman–Crippen MR) is 107 cm³/mol. The molecule has 0 saturated carbocycles. The van der Waals surface area contributed by atoms with Crippen LogP contribution in [-0.2, 0) is 11.4 Å². The van der Waals surface area contributed by atoms with Crippen LogP contribution in [0.15, 0.2) is 78.9 Å². The molecule has 0 spiro atoms. The molecule has 0 aliphatic carbocycles. The first-order chi connectivity index (χ1) is 13.1. The summed E-state index contributed by atoms with van der Waals surface area (Å²) in [6.07, 6.45) is 0. The van der Waals surface area contributed by atoms with Crippen molar-refractivity contribution in [2.45, 2.75) is 19.6 Å². The number of hydrogen-bond donors (Lipinski definition) is 3. The van der Waals surface area contributed by atoms with Gasteiger partial charge < -0.3 is 20.5 Å². The van der Waals surface area contributed by atoms with Crippen LogP contribution in [0.2, 0.25) is 0 Å². The van der Waals surface area contributed by atoms with Gasteiger partial charge in [-0.1, -0.05) is 30.3 Å². The summed E-state index contributed by atoms with van der Waals surface area (Å²) >= 11 is 0. The summed E-state index contributed by atoms with van der Waals surface area (Å²) < 4.78 is 5.74. The topological polar surface area (TPSA) is 70.6 Å². The van der Waals surface area contributed by atoms with Gasteiger partial charge in [-0.15, -0.1) is 0 Å². The Kier molecular flexibility index (Phi) is 6.07. The van der Waals surface area contributed by atoms with Crippen molar-refractivity contribution in [2.75, 3.05) is 10.6 Å². The maximum Gasteiger partial charge on any atom is 0.246 e. The number of aliphatic hydroxyl groups is 1. The number of carbonyl (C=O) groups excluding carboxylic acids is 1. The molecule has 0 saturated heterocycles. The molecule has 3 rings (SSSR count). The van der Waals surface area contributed by atoms with Crippen LogP contribution < -0.4 is 15.4 Å². The highest BCUT2D eigenvalue weighted by Crippen LogP contribution is 2.22. The smallest absolute Gasteiger partial charge is 0.246 e. The molecule has 3 aromatic carbocycles. The van der Waals surface area contributed by atoms with Crippen molar-refractivity contribution < 1.29 is 14.6 Å². The van der Waals surface area contributed by atoms with E-state index in [1.165, 1.54) is 0 Å². The highest BCUT2D eigenvalue weighted by Gasteiger charge is 2.13. The van der Waals surface area contributed by atoms with E-state index in [2.05, 4.69) is 10.6 Å². The van der Waals surface area contributed by atoms with E-state index in [4.69, 9.17) is 4.74 Å². The Morgan fingerprint density at radius 1 is 0.926 bits per heavy atom. The Labute approximate surface area is 158 Å². The number of benzene rings is 3. The van der Waals surface area contributed by atoms with E-state index < -0.39 is 6.04 Å². The summed E-state index contributed by atoms with van der Waals surface area (Å²) in [5.41, 5.74) is 2.27. The molecule has 0 bridgehead atoms. The second-order valence-electron chi connectivity index (χ2n) is 6.15. The molecule has 0 unspecified atom stereocenters. The second-order valence-corrected chi connectivity index (χ2v) is 6.15. The Balaban J connectivity index is 1.56. The molecular formula is C22H22N2O3. The van der Waals surface area contributed by atoms with Gasteiger partial charge in [0, 0.05) is 11.4 Å². The fourth-order valence-electron chi connectivity index (χ4n) is 2.56. The van der Waals surface area contributed by atoms with Gasteiger partial charge >= 0.3 is 0 Å². The third-order valence-corrected chi connectivity index (χ3v) is 3.99. The highest BCUT2D eigenvalue weighted by molar-refractivity contribution is 5.96. The molecule has 0 aromatic heterocycles. The molecule has 0 aliphatic heterocycles. The number of rotatable bonds is 7. The SMILES string of the molecule is C[C@H](Nc1cccc(CO)c1)C(=O)Nc1ccc(Oc2ccccc2)cc1. The van der Waals surface area contributed by atoms with Crippen LogP contribution in [0, 0.1) is 0 Å². The molecule has 3 N–H and O–H groups in total. The minimum Gasteiger partial charge on any atom is -0.457 e. The lowest BCUT2D eigenvalue weighted by Crippen LogP contribution is -2.31. The normalized spacial score (nSPS) is 11.5. The van der Waals surface area contributed by atoms with E-state index >= 15 is 0 Å². The fraction of sp³-hybridized carbons (Fsp3) is 0.136. The predicted octanol–water partition coefficient (Wildman–Crippen LogP) is 4.41. The Morgan fingerprint density at radius 3 is 2.33 bits per heavy atom. The summed E-state index contributed by atoms with van der Waals surface area (Å²) in [5.74, 6) is 1.31. The first-order valence-corrected chi connectivity index (χ1v) is 8.74. The highest BCUT2D eigenvalue weighted by atomic mass is 16.5. The van der Waals surface area contributed by atoms with Crippen LogP contribution in [0.4, 0.5) is 11.4 Å². The van der Waals surface area contributed by atoms with Crippen molar-refractivity contribution in [1.82, 2.24) is 0 Å². The molecule has 3 aromatic rings. The second kappa shape index (κ2) is 8.87. The quantitative estimate of drug-likeness (QED) is 0.582. The van der Waals surface area contributed by atoms with Crippen LogP contribution in [0.5, 0.6) is 11.5 Å². The molecule has 0 aliphatic rings. The zero-order valence-corrected chi connectivity index (χ0v) is 15.1. The zero-order valence-electron chi connectivity index (χ0n) is 15.1. The molecule has 1 atom stereocenters. The van der Waals surface area contributed by atoms with E-state index in [0.717, 1.165) is 17.0 Å². The van der Waals surface area contributed by atoms with E-state index in [-0.39, 0.29) is 12.5 Å². The monoisotopic (exact) mass is 362 g/mol. The Bertz CT molecular complexity index is 880. The lowest BCUT2D eigenvalue weighted by Gasteiger charge is -2.16. The molecule has 0 radical (unpaired) electrons. The van der Waals surface area contributed by atoms with Crippen molar-refractivity contribution in [3.63, 3.8) is 0 Å². The molecule has 27 heavy (non-hydrogen) atoms. The summed E-state index contributed by atoms with van der Waals surface area (Å²) in [6.45, 7) is 1.75. The largest absolute Gasteiger partial charge is 0.457 e. The minimum atomic E-state index is -0.431. The lowest BCUT2D eigenvalue weighted by atomic mass is 10.2. The third-order valence-electron chi connectivity index (χ3n) is 3.99. The molecular weight excluding hydrogens is 340 g/mol. The number of nitrogens with one attached hydrogen (secondary N) is 2. The van der Waals surface area contributed by atoms with Crippen LogP contribution in [-0.4, -0.2) is 17.1 Å². The maximum atomic E-state index is 12.4. The van der Waals surface area contributed by atoms with Gasteiger partial charge in [-0.3, -0.25) is 4.79 Å². The van der Waals surface area contributed by atoms with E-state index in [9.17, 15) is 9.90 Å². The van der Waals surface area contributed by atoms with E-state index in [0.29, 0.717) is 11.4 Å². The number of ether oxygens (including phenoxy) is 1. The van der Waals surface area contributed by atoms with Crippen LogP contribution >= 0.6 is 0 Å². The molecule has 0 heterocycles. The Morgan fingerprint density at radius 2 is 1.63 bits per heavy atom. The third kappa shape index (κ3) is 5.33. The molecule has 0 fully saturated rings. The first kappa shape index (κ1) is 18.5. The van der Waals surface area contributed by atoms with Gasteiger partial charge in [0.1, 0.15) is 17.5 Å². The maximum absolute atomic E-state index is 12.4. The van der Waals surface area contributed by atoms with E-state index in [1.54, 1.807) is 19.1 Å². The summed E-state index contributed by atoms with van der Waals surface area (Å²) in [5, 5.41) is 15.2. The lowest BCUT2D eigenvalue weighted by molar-refractivity contribution is -0.116. The fourth-order valence-corrected chi connectivity index (χ4v) is 2.56. The van der Waals surface area contributed by atoms with Gasteiger partial charge in [-0.05, 0) is 61.0 Å². The number of para-hydroxylation sites is 1. The van der Waals surface area contributed by atoms with Crippen LogP contribution in [0.1, 0.15) is 12.5 Å². The molecule has 1 amide bonds. The summed E-state index contributed by atoms with van der Waals surface area (Å²) in [4.78, 5) is 12.4. The van der Waals surface area contributed by atoms with Crippen molar-refractivity contribution >= 4 is 17.3 Å². The zero-order chi connectivity index (χ0) is 19.1. The minimum absolute atomic E-state index is 0.0342. The van der Waals surface area contributed by atoms with Gasteiger partial charge in [0.15, 0.2) is 0 Å². The number of carbonyl (C=O) groups is 1. The summed E-state index contributed by atoms with van der Waals surface area (Å²) in [6, 6.07) is 23.7. The molecule has 5 heteroatoms. The number of amides is 1. The van der Waals surface area contributed by atoms with Gasteiger partial charge in [0.25, 0.3) is 0 Å². The average molecular weight is 362 g/mol. The molecule has 138 valence electrons. The van der Waals surface area contributed by atoms with Crippen molar-refractivity contribution in [1.29, 1.82) is 0 Å². The number of hydrogen-bond acceptors (Lipinski definition) is 4. The van der Waals surface area contributed by atoms with Crippen molar-refractivity contribution in [3.05, 3.63) is 84.4 Å². The Hall–Kier alpha value is -3.31. The van der Waals surface area contributed by atoms with E-state index in [1.807, 2.05) is 66.7 Å². The number of aliphatic hydroxyl groups excluding tert-OH is 1. The first-order valence-electron chi connectivity index (χ1n) is 8.74. The van der Waals surface area contributed by atoms with Crippen molar-refractivity contribution in [2.24, 2.45) is 0 Å². The average Bonchev–Trinajstić information content (AvgIpc) is 2.70. The van der Waals surface area contributed by atoms with Gasteiger partial charge in [0.05, 0.1) is 6.61 Å². The van der Waals surface area contributed by atoms with Crippen molar-refractivity contribution in [3.8, 4) is 11.5 Å². The standard InChI is InChI=1S/C22H22N2O3/c1-16(23-19-7-5-6-17(14-19)15-25)22(26)24-18-10-12-21(13-11-18)27-20-8-3-2-4-9-20/h2-14,16,23,25H,15H2,1H3,(H,24,26)/t16-/m0/s1. The number of anilines is 2. The van der Waals surface area contributed by atoms with Gasteiger partial charge in [0.2, 0.25) is 5.91 Å². The molecule has 5 nitrogen and oxygen atoms in total. The van der Waals surface area contributed by atoms with Gasteiger partial charge in [-0.2, -0.15) is 0 Å². The summed E-state index contributed by atoms with van der Waals surface area (Å²) in [7, 11) is 0. The van der Waals surface area contributed by atoms with Crippen LogP contribution in [0.3, 0.4) is 0 Å².